The van der Waals surface area contributed by atoms with E-state index in [1.54, 1.807) is 4.68 Å². The van der Waals surface area contributed by atoms with Crippen LogP contribution in [0.4, 0.5) is 0 Å². The molecule has 5 nitrogen and oxygen atoms in total. The van der Waals surface area contributed by atoms with E-state index in [-0.39, 0.29) is 0 Å². The number of hydrogen-bond acceptors (Lipinski definition) is 4. The lowest BCUT2D eigenvalue weighted by atomic mass is 10.0. The van der Waals surface area contributed by atoms with Crippen LogP contribution in [0.5, 0.6) is 0 Å². The van der Waals surface area contributed by atoms with Gasteiger partial charge in [-0.1, -0.05) is 90.0 Å². The fourth-order valence-corrected chi connectivity index (χ4v) is 3.31. The molecule has 0 spiro atoms. The van der Waals surface area contributed by atoms with Gasteiger partial charge in [0.25, 0.3) is 0 Å². The molecule has 0 amide bonds. The number of carbonyl (C=O) groups excluding carboxylic acids is 1. The Morgan fingerprint density at radius 2 is 1.52 bits per heavy atom. The Hall–Kier alpha value is -4.17. The van der Waals surface area contributed by atoms with Gasteiger partial charge >= 0.3 is 5.97 Å². The van der Waals surface area contributed by atoms with Gasteiger partial charge in [0.1, 0.15) is 11.4 Å². The van der Waals surface area contributed by atoms with Gasteiger partial charge in [-0.25, -0.2) is 9.48 Å². The number of rotatable bonds is 5. The first-order valence-electron chi connectivity index (χ1n) is 9.95. The first-order valence-corrected chi connectivity index (χ1v) is 9.95. The first-order chi connectivity index (χ1) is 15.3. The van der Waals surface area contributed by atoms with E-state index in [1.165, 1.54) is 7.11 Å². The van der Waals surface area contributed by atoms with Crippen LogP contribution in [0.1, 0.15) is 22.9 Å². The highest BCUT2D eigenvalue weighted by Gasteiger charge is 2.27. The Morgan fingerprint density at radius 1 is 0.903 bits per heavy atom. The van der Waals surface area contributed by atoms with E-state index in [9.17, 15) is 4.79 Å². The molecule has 0 saturated heterocycles. The van der Waals surface area contributed by atoms with E-state index in [1.807, 2.05) is 91.0 Å². The third-order valence-electron chi connectivity index (χ3n) is 4.88. The predicted molar refractivity (Wildman–Crippen MR) is 119 cm³/mol. The second kappa shape index (κ2) is 9.55. The van der Waals surface area contributed by atoms with Crippen molar-refractivity contribution in [2.75, 3.05) is 7.11 Å². The van der Waals surface area contributed by atoms with Crippen molar-refractivity contribution in [1.29, 1.82) is 0 Å². The number of aromatic nitrogens is 3. The summed E-state index contributed by atoms with van der Waals surface area (Å²) in [6.07, 6.45) is 0.422. The number of methoxy groups -OCH3 is 1. The summed E-state index contributed by atoms with van der Waals surface area (Å²) in [4.78, 5) is 12.7. The highest BCUT2D eigenvalue weighted by Crippen LogP contribution is 2.25. The van der Waals surface area contributed by atoms with Crippen LogP contribution in [0.3, 0.4) is 0 Å². The minimum absolute atomic E-state index is 0.392. The molecule has 0 aliphatic carbocycles. The van der Waals surface area contributed by atoms with Crippen molar-refractivity contribution < 1.29 is 9.53 Å². The molecule has 5 heteroatoms. The van der Waals surface area contributed by atoms with E-state index in [2.05, 4.69) is 22.2 Å². The summed E-state index contributed by atoms with van der Waals surface area (Å²) in [5.41, 5.74) is 3.95. The standard InChI is InChI=1S/C26H21N3O2/c1-31-26(30)24(19-21-13-7-3-8-14-21)29-23(18-17-20-11-5-2-6-12-20)25(27-28-29)22-15-9-4-10-16-22/h2-16,24H,19H2,1H3/t24-/m1/s1. The van der Waals surface area contributed by atoms with Crippen LogP contribution in [-0.2, 0) is 16.0 Å². The summed E-state index contributed by atoms with van der Waals surface area (Å²) in [6, 6.07) is 28.5. The second-order valence-electron chi connectivity index (χ2n) is 6.94. The molecule has 4 rings (SSSR count). The van der Waals surface area contributed by atoms with E-state index in [0.29, 0.717) is 17.8 Å². The Balaban J connectivity index is 1.83. The van der Waals surface area contributed by atoms with E-state index in [4.69, 9.17) is 4.74 Å². The quantitative estimate of drug-likeness (QED) is 0.366. The maximum absolute atomic E-state index is 12.7. The van der Waals surface area contributed by atoms with Gasteiger partial charge in [-0.05, 0) is 23.6 Å². The molecule has 1 heterocycles. The summed E-state index contributed by atoms with van der Waals surface area (Å²) < 4.78 is 6.68. The number of ether oxygens (including phenoxy) is 1. The zero-order chi connectivity index (χ0) is 21.5. The number of hydrogen-bond donors (Lipinski definition) is 0. The summed E-state index contributed by atoms with van der Waals surface area (Å²) in [5, 5.41) is 8.71. The summed E-state index contributed by atoms with van der Waals surface area (Å²) in [6.45, 7) is 0. The van der Waals surface area contributed by atoms with Crippen molar-refractivity contribution in [2.45, 2.75) is 12.5 Å². The molecule has 1 atom stereocenters. The van der Waals surface area contributed by atoms with Crippen molar-refractivity contribution in [3.63, 3.8) is 0 Å². The Kier molecular flexibility index (Phi) is 6.20. The van der Waals surface area contributed by atoms with Crippen LogP contribution in [0.15, 0.2) is 91.0 Å². The lowest BCUT2D eigenvalue weighted by Gasteiger charge is -2.16. The maximum atomic E-state index is 12.7. The van der Waals surface area contributed by atoms with Gasteiger partial charge in [-0.2, -0.15) is 0 Å². The number of esters is 1. The van der Waals surface area contributed by atoms with Gasteiger partial charge in [0.05, 0.1) is 7.11 Å². The summed E-state index contributed by atoms with van der Waals surface area (Å²) in [5.74, 6) is 5.98. The van der Waals surface area contributed by atoms with Gasteiger partial charge in [-0.15, -0.1) is 5.10 Å². The highest BCUT2D eigenvalue weighted by atomic mass is 16.5. The molecule has 152 valence electrons. The fourth-order valence-electron chi connectivity index (χ4n) is 3.31. The van der Waals surface area contributed by atoms with Gasteiger partial charge < -0.3 is 4.74 Å². The third-order valence-corrected chi connectivity index (χ3v) is 4.88. The van der Waals surface area contributed by atoms with Crippen LogP contribution in [0.25, 0.3) is 11.3 Å². The van der Waals surface area contributed by atoms with Crippen LogP contribution in [0.2, 0.25) is 0 Å². The molecule has 0 aliphatic rings. The van der Waals surface area contributed by atoms with E-state index < -0.39 is 12.0 Å². The monoisotopic (exact) mass is 407 g/mol. The van der Waals surface area contributed by atoms with Crippen LogP contribution in [-0.4, -0.2) is 28.1 Å². The molecule has 1 aromatic heterocycles. The average molecular weight is 407 g/mol. The highest BCUT2D eigenvalue weighted by molar-refractivity contribution is 5.75. The fraction of sp³-hybridized carbons (Fsp3) is 0.115. The topological polar surface area (TPSA) is 57.0 Å². The lowest BCUT2D eigenvalue weighted by Crippen LogP contribution is -2.25. The van der Waals surface area contributed by atoms with Crippen molar-refractivity contribution in [3.05, 3.63) is 108 Å². The minimum Gasteiger partial charge on any atom is -0.467 e. The molecule has 0 unspecified atom stereocenters. The number of benzene rings is 3. The predicted octanol–water partition coefficient (Wildman–Crippen LogP) is 4.30. The largest absolute Gasteiger partial charge is 0.467 e. The molecule has 31 heavy (non-hydrogen) atoms. The van der Waals surface area contributed by atoms with Gasteiger partial charge in [0.2, 0.25) is 0 Å². The molecule has 0 fully saturated rings. The van der Waals surface area contributed by atoms with Crippen LogP contribution < -0.4 is 0 Å². The molecule has 0 bridgehead atoms. The van der Waals surface area contributed by atoms with Crippen LogP contribution >= 0.6 is 0 Å². The summed E-state index contributed by atoms with van der Waals surface area (Å²) in [7, 11) is 1.38. The minimum atomic E-state index is -0.683. The zero-order valence-electron chi connectivity index (χ0n) is 17.1. The molecule has 0 N–H and O–H groups in total. The van der Waals surface area contributed by atoms with E-state index >= 15 is 0 Å². The summed E-state index contributed by atoms with van der Waals surface area (Å²) >= 11 is 0. The zero-order valence-corrected chi connectivity index (χ0v) is 17.1. The van der Waals surface area contributed by atoms with Gasteiger partial charge in [0.15, 0.2) is 6.04 Å². The maximum Gasteiger partial charge on any atom is 0.331 e. The Labute approximate surface area is 181 Å². The molecular weight excluding hydrogens is 386 g/mol. The van der Waals surface area contributed by atoms with Gasteiger partial charge in [0, 0.05) is 17.5 Å². The molecule has 0 saturated carbocycles. The molecule has 0 radical (unpaired) electrons. The number of carbonyl (C=O) groups is 1. The normalized spacial score (nSPS) is 11.3. The molecular formula is C26H21N3O2. The van der Waals surface area contributed by atoms with Crippen molar-refractivity contribution in [1.82, 2.24) is 15.0 Å². The Bertz CT molecular complexity index is 1210. The SMILES string of the molecule is COC(=O)[C@@H](Cc1ccccc1)n1nnc(-c2ccccc2)c1C#Cc1ccccc1. The van der Waals surface area contributed by atoms with Crippen LogP contribution in [0, 0.1) is 11.8 Å². The number of nitrogens with zero attached hydrogens (tertiary/aromatic N) is 3. The Morgan fingerprint density at radius 3 is 2.16 bits per heavy atom. The first kappa shape index (κ1) is 20.1. The lowest BCUT2D eigenvalue weighted by molar-refractivity contribution is -0.145. The van der Waals surface area contributed by atoms with Crippen molar-refractivity contribution in [3.8, 4) is 23.1 Å². The third kappa shape index (κ3) is 4.71. The van der Waals surface area contributed by atoms with Crippen molar-refractivity contribution in [2.24, 2.45) is 0 Å². The smallest absolute Gasteiger partial charge is 0.331 e. The van der Waals surface area contributed by atoms with Gasteiger partial charge in [-0.3, -0.25) is 0 Å². The van der Waals surface area contributed by atoms with Crippen molar-refractivity contribution >= 4 is 5.97 Å². The second-order valence-corrected chi connectivity index (χ2v) is 6.94. The average Bonchev–Trinajstić information content (AvgIpc) is 3.26. The molecule has 3 aromatic carbocycles. The molecule has 4 aromatic rings. The molecule has 0 aliphatic heterocycles. The van der Waals surface area contributed by atoms with E-state index in [0.717, 1.165) is 16.7 Å².